The second-order valence-electron chi connectivity index (χ2n) is 2.23. The number of hydrogen-bond acceptors (Lipinski definition) is 3. The third kappa shape index (κ3) is 4.87. The number of phenolic OH excluding ortho intramolecular Hbond substituents is 1. The van der Waals surface area contributed by atoms with E-state index in [-0.39, 0.29) is 5.75 Å². The first-order valence-corrected chi connectivity index (χ1v) is 3.84. The number of carboxylic acid groups (broad SMARTS) is 1. The van der Waals surface area contributed by atoms with Crippen LogP contribution in [-0.4, -0.2) is 30.5 Å². The van der Waals surface area contributed by atoms with Gasteiger partial charge in [0, 0.05) is 7.05 Å². The van der Waals surface area contributed by atoms with E-state index in [0.29, 0.717) is 5.75 Å². The number of rotatable bonds is 1. The van der Waals surface area contributed by atoms with Crippen LogP contribution < -0.4 is 10.1 Å². The van der Waals surface area contributed by atoms with Crippen molar-refractivity contribution in [2.24, 2.45) is 0 Å². The maximum atomic E-state index is 9.26. The molecule has 1 aromatic carbocycles. The second-order valence-corrected chi connectivity index (χ2v) is 2.23. The van der Waals surface area contributed by atoms with Crippen LogP contribution in [0.1, 0.15) is 0 Å². The number of methoxy groups -OCH3 is 1. The van der Waals surface area contributed by atoms with Crippen molar-refractivity contribution in [1.29, 1.82) is 0 Å². The lowest BCUT2D eigenvalue weighted by atomic mass is 10.3. The zero-order valence-electron chi connectivity index (χ0n) is 8.02. The third-order valence-electron chi connectivity index (χ3n) is 1.30. The van der Waals surface area contributed by atoms with Crippen LogP contribution in [0.5, 0.6) is 11.5 Å². The summed E-state index contributed by atoms with van der Waals surface area (Å²) in [6.07, 6.45) is -0.995. The van der Waals surface area contributed by atoms with E-state index in [1.807, 2.05) is 5.32 Å². The van der Waals surface area contributed by atoms with Crippen molar-refractivity contribution >= 4 is 6.09 Å². The highest BCUT2D eigenvalue weighted by Crippen LogP contribution is 2.22. The lowest BCUT2D eigenvalue weighted by Gasteiger charge is -1.99. The molecule has 0 aromatic heterocycles. The molecule has 0 aliphatic carbocycles. The molecule has 0 saturated heterocycles. The number of ether oxygens (including phenoxy) is 1. The maximum absolute atomic E-state index is 9.26. The summed E-state index contributed by atoms with van der Waals surface area (Å²) in [4.78, 5) is 9.26. The quantitative estimate of drug-likeness (QED) is 0.636. The first-order valence-electron chi connectivity index (χ1n) is 3.84. The Morgan fingerprint density at radius 3 is 2.21 bits per heavy atom. The van der Waals surface area contributed by atoms with Crippen LogP contribution in [0, 0.1) is 0 Å². The molecule has 0 spiro atoms. The third-order valence-corrected chi connectivity index (χ3v) is 1.30. The Morgan fingerprint density at radius 2 is 1.93 bits per heavy atom. The lowest BCUT2D eigenvalue weighted by Crippen LogP contribution is -2.13. The van der Waals surface area contributed by atoms with Gasteiger partial charge in [-0.05, 0) is 12.1 Å². The fourth-order valence-electron chi connectivity index (χ4n) is 0.630. The minimum absolute atomic E-state index is 0.181. The number of benzene rings is 1. The Labute approximate surface area is 81.9 Å². The fourth-order valence-corrected chi connectivity index (χ4v) is 0.630. The summed E-state index contributed by atoms with van der Waals surface area (Å²) in [5, 5.41) is 18.5. The molecule has 0 heterocycles. The molecule has 0 atom stereocenters. The van der Waals surface area contributed by atoms with Gasteiger partial charge in [0.2, 0.25) is 0 Å². The first kappa shape index (κ1) is 12.1. The average Bonchev–Trinajstić information content (AvgIpc) is 2.19. The van der Waals surface area contributed by atoms with Gasteiger partial charge in [0.1, 0.15) is 0 Å². The number of para-hydroxylation sites is 2. The van der Waals surface area contributed by atoms with Gasteiger partial charge in [-0.1, -0.05) is 12.1 Å². The highest BCUT2D eigenvalue weighted by molar-refractivity contribution is 5.63. The molecule has 0 aliphatic heterocycles. The van der Waals surface area contributed by atoms with Gasteiger partial charge in [0.05, 0.1) is 7.11 Å². The molecule has 14 heavy (non-hydrogen) atoms. The van der Waals surface area contributed by atoms with E-state index in [2.05, 4.69) is 0 Å². The standard InChI is InChI=1S/C7H8O2.C2H5NO2/c1-9-7-5-3-2-4-6(7)8;1-3-2(4)5/h2-5,8H,1H3;3H,1H3,(H,4,5). The molecule has 78 valence electrons. The lowest BCUT2D eigenvalue weighted by molar-refractivity contribution is 0.197. The van der Waals surface area contributed by atoms with Gasteiger partial charge in [-0.3, -0.25) is 0 Å². The van der Waals surface area contributed by atoms with E-state index in [1.165, 1.54) is 14.2 Å². The Morgan fingerprint density at radius 1 is 1.43 bits per heavy atom. The molecular formula is C9H13NO4. The highest BCUT2D eigenvalue weighted by Gasteiger charge is 1.94. The summed E-state index contributed by atoms with van der Waals surface area (Å²) in [5.74, 6) is 0.692. The van der Waals surface area contributed by atoms with Crippen molar-refractivity contribution in [3.63, 3.8) is 0 Å². The fraction of sp³-hybridized carbons (Fsp3) is 0.222. The molecule has 0 unspecified atom stereocenters. The van der Waals surface area contributed by atoms with Crippen LogP contribution >= 0.6 is 0 Å². The minimum atomic E-state index is -0.995. The summed E-state index contributed by atoms with van der Waals surface area (Å²) < 4.78 is 4.79. The number of aromatic hydroxyl groups is 1. The van der Waals surface area contributed by atoms with Crippen molar-refractivity contribution in [2.75, 3.05) is 14.2 Å². The number of nitrogens with one attached hydrogen (secondary N) is 1. The van der Waals surface area contributed by atoms with Gasteiger partial charge in [-0.15, -0.1) is 0 Å². The Kier molecular flexibility index (Phi) is 5.69. The molecule has 1 aromatic rings. The molecular weight excluding hydrogens is 186 g/mol. The van der Waals surface area contributed by atoms with Gasteiger partial charge in [-0.2, -0.15) is 0 Å². The molecule has 0 radical (unpaired) electrons. The van der Waals surface area contributed by atoms with Gasteiger partial charge in [-0.25, -0.2) is 4.79 Å². The van der Waals surface area contributed by atoms with Gasteiger partial charge >= 0.3 is 6.09 Å². The van der Waals surface area contributed by atoms with Gasteiger partial charge < -0.3 is 20.3 Å². The molecule has 0 fully saturated rings. The zero-order valence-corrected chi connectivity index (χ0v) is 8.02. The number of hydrogen-bond donors (Lipinski definition) is 3. The van der Waals surface area contributed by atoms with Crippen LogP contribution in [0.15, 0.2) is 24.3 Å². The molecule has 0 aliphatic rings. The van der Waals surface area contributed by atoms with Crippen molar-refractivity contribution in [3.05, 3.63) is 24.3 Å². The van der Waals surface area contributed by atoms with Crippen LogP contribution in [0.25, 0.3) is 0 Å². The minimum Gasteiger partial charge on any atom is -0.504 e. The van der Waals surface area contributed by atoms with E-state index in [1.54, 1.807) is 24.3 Å². The molecule has 1 rings (SSSR count). The van der Waals surface area contributed by atoms with Crippen LogP contribution in [0.3, 0.4) is 0 Å². The number of amides is 1. The summed E-state index contributed by atoms with van der Waals surface area (Å²) in [6.45, 7) is 0. The van der Waals surface area contributed by atoms with E-state index in [4.69, 9.17) is 14.9 Å². The SMILES string of the molecule is CNC(=O)O.COc1ccccc1O. The van der Waals surface area contributed by atoms with Crippen LogP contribution in [-0.2, 0) is 0 Å². The zero-order chi connectivity index (χ0) is 11.0. The van der Waals surface area contributed by atoms with E-state index in [9.17, 15) is 4.79 Å². The Hall–Kier alpha value is -1.91. The van der Waals surface area contributed by atoms with E-state index in [0.717, 1.165) is 0 Å². The smallest absolute Gasteiger partial charge is 0.404 e. The normalized spacial score (nSPS) is 8.14. The van der Waals surface area contributed by atoms with E-state index < -0.39 is 6.09 Å². The van der Waals surface area contributed by atoms with Crippen molar-refractivity contribution < 1.29 is 19.7 Å². The molecule has 5 heteroatoms. The Balaban J connectivity index is 0.000000292. The summed E-state index contributed by atoms with van der Waals surface area (Å²) in [6, 6.07) is 6.84. The topological polar surface area (TPSA) is 78.8 Å². The monoisotopic (exact) mass is 199 g/mol. The van der Waals surface area contributed by atoms with Crippen molar-refractivity contribution in [3.8, 4) is 11.5 Å². The molecule has 0 saturated carbocycles. The molecule has 3 N–H and O–H groups in total. The van der Waals surface area contributed by atoms with Gasteiger partial charge in [0.25, 0.3) is 0 Å². The summed E-state index contributed by atoms with van der Waals surface area (Å²) in [7, 11) is 2.87. The van der Waals surface area contributed by atoms with Crippen LogP contribution in [0.2, 0.25) is 0 Å². The van der Waals surface area contributed by atoms with Crippen LogP contribution in [0.4, 0.5) is 4.79 Å². The predicted octanol–water partition coefficient (Wildman–Crippen LogP) is 1.28. The highest BCUT2D eigenvalue weighted by atomic mass is 16.5. The largest absolute Gasteiger partial charge is 0.504 e. The van der Waals surface area contributed by atoms with Crippen molar-refractivity contribution in [2.45, 2.75) is 0 Å². The first-order chi connectivity index (χ1) is 6.61. The second kappa shape index (κ2) is 6.59. The summed E-state index contributed by atoms with van der Waals surface area (Å²) in [5.41, 5.74) is 0. The molecule has 1 amide bonds. The van der Waals surface area contributed by atoms with Crippen molar-refractivity contribution in [1.82, 2.24) is 5.32 Å². The number of carbonyl (C=O) groups is 1. The predicted molar refractivity (Wildman–Crippen MR) is 51.7 cm³/mol. The van der Waals surface area contributed by atoms with E-state index >= 15 is 0 Å². The Bertz CT molecular complexity index is 288. The summed E-state index contributed by atoms with van der Waals surface area (Å²) >= 11 is 0. The maximum Gasteiger partial charge on any atom is 0.404 e. The molecule has 5 nitrogen and oxygen atoms in total. The number of phenols is 1. The molecule has 0 bridgehead atoms. The van der Waals surface area contributed by atoms with Gasteiger partial charge in [0.15, 0.2) is 11.5 Å². The average molecular weight is 199 g/mol.